The van der Waals surface area contributed by atoms with E-state index in [1.807, 2.05) is 0 Å². The lowest BCUT2D eigenvalue weighted by Gasteiger charge is -2.41. The van der Waals surface area contributed by atoms with Crippen LogP contribution < -0.4 is 5.32 Å². The first-order valence-corrected chi connectivity index (χ1v) is 3.53. The fraction of sp³-hybridized carbons (Fsp3) is 1.00. The van der Waals surface area contributed by atoms with Crippen LogP contribution in [0.15, 0.2) is 0 Å². The second kappa shape index (κ2) is 4.16. The molecule has 3 heteroatoms. The SMILES string of the molecule is CCC1(COC)CNC1.Cl. The van der Waals surface area contributed by atoms with Crippen LogP contribution in [0.4, 0.5) is 0 Å². The molecule has 0 radical (unpaired) electrons. The minimum Gasteiger partial charge on any atom is -0.384 e. The summed E-state index contributed by atoms with van der Waals surface area (Å²) in [5.74, 6) is 0. The number of methoxy groups -OCH3 is 1. The lowest BCUT2D eigenvalue weighted by molar-refractivity contribution is 0.0343. The molecule has 0 atom stereocenters. The van der Waals surface area contributed by atoms with Crippen molar-refractivity contribution >= 4 is 12.4 Å². The molecule has 1 fully saturated rings. The van der Waals surface area contributed by atoms with Crippen molar-refractivity contribution in [2.45, 2.75) is 13.3 Å². The van der Waals surface area contributed by atoms with Crippen LogP contribution in [0.3, 0.4) is 0 Å². The van der Waals surface area contributed by atoms with Crippen LogP contribution in [-0.4, -0.2) is 26.8 Å². The second-order valence-corrected chi connectivity index (χ2v) is 2.89. The van der Waals surface area contributed by atoms with Gasteiger partial charge in [0, 0.05) is 25.6 Å². The van der Waals surface area contributed by atoms with Crippen molar-refractivity contribution in [3.05, 3.63) is 0 Å². The molecule has 0 spiro atoms. The highest BCUT2D eigenvalue weighted by molar-refractivity contribution is 5.85. The molecule has 1 N–H and O–H groups in total. The minimum absolute atomic E-state index is 0. The van der Waals surface area contributed by atoms with Gasteiger partial charge in [-0.3, -0.25) is 0 Å². The van der Waals surface area contributed by atoms with Gasteiger partial charge in [-0.25, -0.2) is 0 Å². The predicted octanol–water partition coefficient (Wildman–Crippen LogP) is 1.05. The minimum atomic E-state index is 0. The number of hydrogen-bond donors (Lipinski definition) is 1. The normalized spacial score (nSPS) is 21.0. The Hall–Kier alpha value is 0.210. The molecule has 0 aliphatic carbocycles. The maximum Gasteiger partial charge on any atom is 0.0542 e. The first-order valence-electron chi connectivity index (χ1n) is 3.53. The fourth-order valence-electron chi connectivity index (χ4n) is 1.24. The molecule has 1 saturated heterocycles. The van der Waals surface area contributed by atoms with Gasteiger partial charge in [0.05, 0.1) is 6.61 Å². The molecule has 0 aromatic carbocycles. The standard InChI is InChI=1S/C7H15NO.ClH/c1-3-7(6-9-2)4-8-5-7;/h8H,3-6H2,1-2H3;1H. The second-order valence-electron chi connectivity index (χ2n) is 2.89. The summed E-state index contributed by atoms with van der Waals surface area (Å²) >= 11 is 0. The molecule has 0 bridgehead atoms. The van der Waals surface area contributed by atoms with Gasteiger partial charge in [0.2, 0.25) is 0 Å². The van der Waals surface area contributed by atoms with Crippen molar-refractivity contribution in [2.24, 2.45) is 5.41 Å². The van der Waals surface area contributed by atoms with Gasteiger partial charge in [-0.2, -0.15) is 0 Å². The first-order chi connectivity index (χ1) is 4.33. The summed E-state index contributed by atoms with van der Waals surface area (Å²) < 4.78 is 5.10. The third-order valence-corrected chi connectivity index (χ3v) is 2.20. The van der Waals surface area contributed by atoms with E-state index in [-0.39, 0.29) is 12.4 Å². The summed E-state index contributed by atoms with van der Waals surface area (Å²) in [6, 6.07) is 0. The summed E-state index contributed by atoms with van der Waals surface area (Å²) in [5, 5.41) is 3.26. The van der Waals surface area contributed by atoms with E-state index < -0.39 is 0 Å². The van der Waals surface area contributed by atoms with Gasteiger partial charge < -0.3 is 10.1 Å². The number of ether oxygens (including phenoxy) is 1. The van der Waals surface area contributed by atoms with E-state index in [2.05, 4.69) is 12.2 Å². The zero-order chi connectivity index (χ0) is 6.74. The average molecular weight is 166 g/mol. The van der Waals surface area contributed by atoms with E-state index in [1.54, 1.807) is 7.11 Å². The molecule has 1 aliphatic heterocycles. The largest absolute Gasteiger partial charge is 0.384 e. The van der Waals surface area contributed by atoms with Gasteiger partial charge in [0.1, 0.15) is 0 Å². The number of rotatable bonds is 3. The highest BCUT2D eigenvalue weighted by Gasteiger charge is 2.34. The maximum absolute atomic E-state index is 5.10. The molecule has 2 nitrogen and oxygen atoms in total. The molecule has 0 aromatic rings. The van der Waals surface area contributed by atoms with Crippen molar-refractivity contribution in [1.29, 1.82) is 0 Å². The average Bonchev–Trinajstić information content (AvgIpc) is 1.79. The molecule has 0 aromatic heterocycles. The molecule has 0 amide bonds. The fourth-order valence-corrected chi connectivity index (χ4v) is 1.24. The molecule has 0 unspecified atom stereocenters. The Kier molecular flexibility index (Phi) is 4.25. The van der Waals surface area contributed by atoms with E-state index in [4.69, 9.17) is 4.74 Å². The predicted molar refractivity (Wildman–Crippen MR) is 44.7 cm³/mol. The van der Waals surface area contributed by atoms with E-state index in [0.717, 1.165) is 19.7 Å². The molecular formula is C7H16ClNO. The van der Waals surface area contributed by atoms with Crippen LogP contribution >= 0.6 is 12.4 Å². The van der Waals surface area contributed by atoms with Crippen LogP contribution in [0.1, 0.15) is 13.3 Å². The Labute approximate surface area is 68.7 Å². The quantitative estimate of drug-likeness (QED) is 0.675. The van der Waals surface area contributed by atoms with Gasteiger partial charge in [0.15, 0.2) is 0 Å². The molecule has 0 saturated carbocycles. The molecule has 1 rings (SSSR count). The Bertz CT molecular complexity index is 88.1. The Morgan fingerprint density at radius 2 is 2.10 bits per heavy atom. The van der Waals surface area contributed by atoms with Crippen LogP contribution in [-0.2, 0) is 4.74 Å². The van der Waals surface area contributed by atoms with Crippen molar-refractivity contribution in [1.82, 2.24) is 5.32 Å². The monoisotopic (exact) mass is 165 g/mol. The van der Waals surface area contributed by atoms with Crippen molar-refractivity contribution in [2.75, 3.05) is 26.8 Å². The van der Waals surface area contributed by atoms with Gasteiger partial charge in [-0.15, -0.1) is 12.4 Å². The number of nitrogens with one attached hydrogen (secondary N) is 1. The highest BCUT2D eigenvalue weighted by atomic mass is 35.5. The molecular weight excluding hydrogens is 150 g/mol. The van der Waals surface area contributed by atoms with E-state index in [9.17, 15) is 0 Å². The van der Waals surface area contributed by atoms with Crippen LogP contribution in [0.25, 0.3) is 0 Å². The Morgan fingerprint density at radius 1 is 1.50 bits per heavy atom. The third kappa shape index (κ3) is 1.84. The van der Waals surface area contributed by atoms with Crippen LogP contribution in [0.2, 0.25) is 0 Å². The zero-order valence-corrected chi connectivity index (χ0v) is 7.46. The molecule has 10 heavy (non-hydrogen) atoms. The number of hydrogen-bond acceptors (Lipinski definition) is 2. The lowest BCUT2D eigenvalue weighted by Crippen LogP contribution is -2.55. The van der Waals surface area contributed by atoms with E-state index in [0.29, 0.717) is 5.41 Å². The Morgan fingerprint density at radius 3 is 2.20 bits per heavy atom. The Balaban J connectivity index is 0.000000810. The van der Waals surface area contributed by atoms with Crippen molar-refractivity contribution < 1.29 is 4.74 Å². The molecule has 62 valence electrons. The summed E-state index contributed by atoms with van der Waals surface area (Å²) in [4.78, 5) is 0. The summed E-state index contributed by atoms with van der Waals surface area (Å²) in [5.41, 5.74) is 0.481. The molecule has 1 aliphatic rings. The summed E-state index contributed by atoms with van der Waals surface area (Å²) in [7, 11) is 1.77. The van der Waals surface area contributed by atoms with Crippen molar-refractivity contribution in [3.63, 3.8) is 0 Å². The van der Waals surface area contributed by atoms with E-state index in [1.165, 1.54) is 6.42 Å². The highest BCUT2D eigenvalue weighted by Crippen LogP contribution is 2.26. The summed E-state index contributed by atoms with van der Waals surface area (Å²) in [6.07, 6.45) is 1.23. The molecule has 1 heterocycles. The maximum atomic E-state index is 5.10. The number of halogens is 1. The summed E-state index contributed by atoms with van der Waals surface area (Å²) in [6.45, 7) is 5.41. The smallest absolute Gasteiger partial charge is 0.0542 e. The third-order valence-electron chi connectivity index (χ3n) is 2.20. The van der Waals surface area contributed by atoms with Crippen molar-refractivity contribution in [3.8, 4) is 0 Å². The van der Waals surface area contributed by atoms with Crippen LogP contribution in [0, 0.1) is 5.41 Å². The van der Waals surface area contributed by atoms with Crippen LogP contribution in [0.5, 0.6) is 0 Å². The zero-order valence-electron chi connectivity index (χ0n) is 6.64. The topological polar surface area (TPSA) is 21.3 Å². The van der Waals surface area contributed by atoms with Gasteiger partial charge >= 0.3 is 0 Å². The van der Waals surface area contributed by atoms with Gasteiger partial charge in [-0.05, 0) is 6.42 Å². The lowest BCUT2D eigenvalue weighted by atomic mass is 9.80. The first kappa shape index (κ1) is 10.2. The van der Waals surface area contributed by atoms with E-state index >= 15 is 0 Å². The van der Waals surface area contributed by atoms with Gasteiger partial charge in [-0.1, -0.05) is 6.92 Å². The van der Waals surface area contributed by atoms with Gasteiger partial charge in [0.25, 0.3) is 0 Å².